The van der Waals surface area contributed by atoms with E-state index in [0.717, 1.165) is 11.8 Å². The number of carbonyl (C=O) groups is 3. The summed E-state index contributed by atoms with van der Waals surface area (Å²) in [5.41, 5.74) is 2.01. The number of rotatable bonds is 7. The monoisotopic (exact) mass is 491 g/mol. The summed E-state index contributed by atoms with van der Waals surface area (Å²) < 4.78 is 18.7. The molecule has 0 bridgehead atoms. The Morgan fingerprint density at radius 1 is 1.00 bits per heavy atom. The second-order valence-electron chi connectivity index (χ2n) is 8.11. The number of benzene rings is 2. The van der Waals surface area contributed by atoms with Crippen molar-refractivity contribution in [1.82, 2.24) is 15.2 Å². The van der Waals surface area contributed by atoms with Crippen LogP contribution in [0.3, 0.4) is 0 Å². The van der Waals surface area contributed by atoms with Crippen LogP contribution in [0.15, 0.2) is 67.0 Å². The molecule has 2 heterocycles. The molecular weight excluding hydrogens is 465 g/mol. The van der Waals surface area contributed by atoms with Gasteiger partial charge in [0.25, 0.3) is 11.8 Å². The van der Waals surface area contributed by atoms with Gasteiger partial charge in [0.2, 0.25) is 5.91 Å². The molecule has 2 N–H and O–H groups in total. The van der Waals surface area contributed by atoms with E-state index in [4.69, 9.17) is 4.74 Å². The molecule has 0 saturated carbocycles. The van der Waals surface area contributed by atoms with Crippen LogP contribution in [-0.4, -0.2) is 67.4 Å². The van der Waals surface area contributed by atoms with Gasteiger partial charge < -0.3 is 25.2 Å². The first-order chi connectivity index (χ1) is 17.5. The highest BCUT2D eigenvalue weighted by atomic mass is 19.1. The average Bonchev–Trinajstić information content (AvgIpc) is 2.92. The number of anilines is 2. The fourth-order valence-electron chi connectivity index (χ4n) is 3.95. The SMILES string of the molecule is COc1ccc(C(=O)NCC(=O)N2CCN(c3ccccc3C(=O)Nc3cccnc3)CC2)cc1F. The van der Waals surface area contributed by atoms with Crippen molar-refractivity contribution in [3.8, 4) is 5.75 Å². The van der Waals surface area contributed by atoms with Gasteiger partial charge in [-0.25, -0.2) is 4.39 Å². The lowest BCUT2D eigenvalue weighted by Gasteiger charge is -2.37. The summed E-state index contributed by atoms with van der Waals surface area (Å²) in [7, 11) is 1.34. The maximum Gasteiger partial charge on any atom is 0.257 e. The molecule has 1 aliphatic heterocycles. The second-order valence-corrected chi connectivity index (χ2v) is 8.11. The maximum atomic E-state index is 13.9. The third-order valence-corrected chi connectivity index (χ3v) is 5.86. The number of para-hydroxylation sites is 1. The van der Waals surface area contributed by atoms with Crippen LogP contribution < -0.4 is 20.3 Å². The normalized spacial score (nSPS) is 13.2. The van der Waals surface area contributed by atoms with E-state index in [0.29, 0.717) is 37.4 Å². The predicted molar refractivity (Wildman–Crippen MR) is 133 cm³/mol. The first kappa shape index (κ1) is 24.6. The Morgan fingerprint density at radius 2 is 1.78 bits per heavy atom. The number of methoxy groups -OCH3 is 1. The molecule has 0 spiro atoms. The summed E-state index contributed by atoms with van der Waals surface area (Å²) >= 11 is 0. The largest absolute Gasteiger partial charge is 0.494 e. The number of hydrogen-bond donors (Lipinski definition) is 2. The summed E-state index contributed by atoms with van der Waals surface area (Å²) in [6.45, 7) is 1.73. The van der Waals surface area contributed by atoms with Gasteiger partial charge in [0, 0.05) is 43.6 Å². The Hall–Kier alpha value is -4.47. The highest BCUT2D eigenvalue weighted by Gasteiger charge is 2.24. The van der Waals surface area contributed by atoms with E-state index in [1.165, 1.54) is 19.2 Å². The number of halogens is 1. The van der Waals surface area contributed by atoms with Gasteiger partial charge in [0.05, 0.1) is 31.1 Å². The van der Waals surface area contributed by atoms with E-state index in [1.54, 1.807) is 41.6 Å². The third-order valence-electron chi connectivity index (χ3n) is 5.86. The third kappa shape index (κ3) is 5.77. The quantitative estimate of drug-likeness (QED) is 0.527. The molecule has 1 fully saturated rings. The maximum absolute atomic E-state index is 13.9. The molecule has 1 saturated heterocycles. The number of nitrogens with one attached hydrogen (secondary N) is 2. The lowest BCUT2D eigenvalue weighted by molar-refractivity contribution is -0.130. The van der Waals surface area contributed by atoms with Gasteiger partial charge in [-0.05, 0) is 42.5 Å². The van der Waals surface area contributed by atoms with E-state index in [2.05, 4.69) is 20.5 Å². The first-order valence-electron chi connectivity index (χ1n) is 11.4. The minimum atomic E-state index is -0.651. The number of nitrogens with zero attached hydrogens (tertiary/aromatic N) is 3. The van der Waals surface area contributed by atoms with Crippen molar-refractivity contribution >= 4 is 29.1 Å². The second kappa shape index (κ2) is 11.3. The van der Waals surface area contributed by atoms with Gasteiger partial charge >= 0.3 is 0 Å². The lowest BCUT2D eigenvalue weighted by atomic mass is 10.1. The van der Waals surface area contributed by atoms with Crippen molar-refractivity contribution < 1.29 is 23.5 Å². The van der Waals surface area contributed by atoms with Crippen LogP contribution in [-0.2, 0) is 4.79 Å². The molecule has 36 heavy (non-hydrogen) atoms. The van der Waals surface area contributed by atoms with Gasteiger partial charge in [0.15, 0.2) is 11.6 Å². The summed E-state index contributed by atoms with van der Waals surface area (Å²) in [5.74, 6) is -1.63. The van der Waals surface area contributed by atoms with Crippen LogP contribution in [0.4, 0.5) is 15.8 Å². The number of aromatic nitrogens is 1. The van der Waals surface area contributed by atoms with Crippen molar-refractivity contribution in [3.05, 3.63) is 83.9 Å². The molecule has 0 unspecified atom stereocenters. The molecule has 0 radical (unpaired) electrons. The zero-order valence-electron chi connectivity index (χ0n) is 19.7. The molecule has 2 aromatic carbocycles. The number of piperazine rings is 1. The van der Waals surface area contributed by atoms with Crippen molar-refractivity contribution in [2.75, 3.05) is 50.1 Å². The highest BCUT2D eigenvalue weighted by Crippen LogP contribution is 2.23. The van der Waals surface area contributed by atoms with E-state index in [1.807, 2.05) is 12.1 Å². The van der Waals surface area contributed by atoms with E-state index < -0.39 is 11.7 Å². The number of ether oxygens (including phenoxy) is 1. The van der Waals surface area contributed by atoms with Crippen LogP contribution >= 0.6 is 0 Å². The Morgan fingerprint density at radius 3 is 2.47 bits per heavy atom. The number of carbonyl (C=O) groups excluding carboxylic acids is 3. The van der Waals surface area contributed by atoms with Gasteiger partial charge in [0.1, 0.15) is 0 Å². The Kier molecular flexibility index (Phi) is 7.74. The van der Waals surface area contributed by atoms with Crippen LogP contribution in [0.5, 0.6) is 5.75 Å². The minimum Gasteiger partial charge on any atom is -0.494 e. The van der Waals surface area contributed by atoms with Crippen molar-refractivity contribution in [2.24, 2.45) is 0 Å². The molecule has 10 heteroatoms. The highest BCUT2D eigenvalue weighted by molar-refractivity contribution is 6.08. The Balaban J connectivity index is 1.31. The summed E-state index contributed by atoms with van der Waals surface area (Å²) in [6.07, 6.45) is 3.21. The Bertz CT molecular complexity index is 1250. The zero-order valence-corrected chi connectivity index (χ0v) is 19.7. The molecule has 4 rings (SSSR count). The molecular formula is C26H26FN5O4. The molecule has 1 aliphatic rings. The van der Waals surface area contributed by atoms with Crippen molar-refractivity contribution in [2.45, 2.75) is 0 Å². The fourth-order valence-corrected chi connectivity index (χ4v) is 3.95. The zero-order chi connectivity index (χ0) is 25.5. The topological polar surface area (TPSA) is 104 Å². The van der Waals surface area contributed by atoms with Crippen molar-refractivity contribution in [3.63, 3.8) is 0 Å². The van der Waals surface area contributed by atoms with Gasteiger partial charge in [-0.1, -0.05) is 12.1 Å². The van der Waals surface area contributed by atoms with E-state index >= 15 is 0 Å². The van der Waals surface area contributed by atoms with Gasteiger partial charge in [-0.3, -0.25) is 19.4 Å². The van der Waals surface area contributed by atoms with Crippen LogP contribution in [0.1, 0.15) is 20.7 Å². The smallest absolute Gasteiger partial charge is 0.257 e. The van der Waals surface area contributed by atoms with Crippen LogP contribution in [0.2, 0.25) is 0 Å². The Labute approximate surface area is 207 Å². The van der Waals surface area contributed by atoms with Crippen molar-refractivity contribution in [1.29, 1.82) is 0 Å². The molecule has 186 valence electrons. The van der Waals surface area contributed by atoms with E-state index in [9.17, 15) is 18.8 Å². The molecule has 1 aromatic heterocycles. The molecule has 3 amide bonds. The predicted octanol–water partition coefficient (Wildman–Crippen LogP) is 2.56. The molecule has 0 atom stereocenters. The molecule has 3 aromatic rings. The van der Waals surface area contributed by atoms with Gasteiger partial charge in [-0.2, -0.15) is 0 Å². The summed E-state index contributed by atoms with van der Waals surface area (Å²) in [5, 5.41) is 5.39. The molecule has 9 nitrogen and oxygen atoms in total. The lowest BCUT2D eigenvalue weighted by Crippen LogP contribution is -2.51. The number of pyridine rings is 1. The summed E-state index contributed by atoms with van der Waals surface area (Å²) in [6, 6.07) is 14.7. The standard InChI is InChI=1S/C26H26FN5O4/c1-36-23-9-8-18(15-21(23)27)25(34)29-17-24(33)32-13-11-31(12-14-32)22-7-3-2-6-20(22)26(35)30-19-5-4-10-28-16-19/h2-10,15-16H,11-14,17H2,1H3,(H,29,34)(H,30,35). The van der Waals surface area contributed by atoms with Crippen LogP contribution in [0.25, 0.3) is 0 Å². The van der Waals surface area contributed by atoms with Crippen LogP contribution in [0, 0.1) is 5.82 Å². The summed E-state index contributed by atoms with van der Waals surface area (Å²) in [4.78, 5) is 45.6. The van der Waals surface area contributed by atoms with Gasteiger partial charge in [-0.15, -0.1) is 0 Å². The minimum absolute atomic E-state index is 0.0385. The number of amides is 3. The average molecular weight is 492 g/mol. The fraction of sp³-hybridized carbons (Fsp3) is 0.231. The molecule has 0 aliphatic carbocycles. The first-order valence-corrected chi connectivity index (χ1v) is 11.4. The van der Waals surface area contributed by atoms with E-state index in [-0.39, 0.29) is 29.7 Å². The number of hydrogen-bond acceptors (Lipinski definition) is 6.